The van der Waals surface area contributed by atoms with Gasteiger partial charge in [0.2, 0.25) is 0 Å². The fourth-order valence-corrected chi connectivity index (χ4v) is 2.69. The lowest BCUT2D eigenvalue weighted by molar-refractivity contribution is 0.365. The van der Waals surface area contributed by atoms with Gasteiger partial charge in [-0.05, 0) is 32.7 Å². The first-order valence-corrected chi connectivity index (χ1v) is 7.24. The second-order valence-electron chi connectivity index (χ2n) is 5.20. The van der Waals surface area contributed by atoms with E-state index in [2.05, 4.69) is 24.3 Å². The number of nitrogens with zero attached hydrogens (tertiary/aromatic N) is 2. The summed E-state index contributed by atoms with van der Waals surface area (Å²) in [6, 6.07) is 0.469. The van der Waals surface area contributed by atoms with Crippen molar-refractivity contribution < 1.29 is 0 Å². The van der Waals surface area contributed by atoms with Crippen molar-refractivity contribution in [2.75, 3.05) is 7.05 Å². The zero-order valence-corrected chi connectivity index (χ0v) is 13.0. The third-order valence-corrected chi connectivity index (χ3v) is 4.24. The average Bonchev–Trinajstić information content (AvgIpc) is 2.58. The van der Waals surface area contributed by atoms with Crippen LogP contribution in [0.4, 0.5) is 0 Å². The first-order chi connectivity index (χ1) is 8.51. The van der Waals surface area contributed by atoms with Gasteiger partial charge in [0.25, 0.3) is 0 Å². The Morgan fingerprint density at radius 3 is 2.56 bits per heavy atom. The summed E-state index contributed by atoms with van der Waals surface area (Å²) in [6.45, 7) is 6.59. The molecule has 0 bridgehead atoms. The maximum atomic E-state index is 6.30. The first kappa shape index (κ1) is 15.5. The van der Waals surface area contributed by atoms with E-state index in [4.69, 9.17) is 11.6 Å². The molecular weight excluding hydrogens is 246 g/mol. The average molecular weight is 272 g/mol. The predicted molar refractivity (Wildman–Crippen MR) is 78.2 cm³/mol. The van der Waals surface area contributed by atoms with E-state index >= 15 is 0 Å². The molecular formula is C14H26ClN3. The molecule has 104 valence electrons. The lowest BCUT2D eigenvalue weighted by Crippen LogP contribution is -2.34. The van der Waals surface area contributed by atoms with Crippen LogP contribution in [0.2, 0.25) is 5.15 Å². The summed E-state index contributed by atoms with van der Waals surface area (Å²) in [6.07, 6.45) is 4.77. The van der Waals surface area contributed by atoms with Gasteiger partial charge in [-0.2, -0.15) is 5.10 Å². The molecule has 0 fully saturated rings. The molecule has 2 atom stereocenters. The highest BCUT2D eigenvalue weighted by Gasteiger charge is 2.20. The summed E-state index contributed by atoms with van der Waals surface area (Å²) in [4.78, 5) is 0. The van der Waals surface area contributed by atoms with Gasteiger partial charge in [-0.3, -0.25) is 4.68 Å². The Morgan fingerprint density at radius 1 is 1.44 bits per heavy atom. The number of aryl methyl sites for hydroxylation is 2. The molecule has 0 spiro atoms. The van der Waals surface area contributed by atoms with Gasteiger partial charge in [0, 0.05) is 18.7 Å². The molecule has 1 aromatic heterocycles. The van der Waals surface area contributed by atoms with Gasteiger partial charge in [-0.1, -0.05) is 38.3 Å². The first-order valence-electron chi connectivity index (χ1n) is 6.86. The Morgan fingerprint density at radius 2 is 2.11 bits per heavy atom. The lowest BCUT2D eigenvalue weighted by Gasteiger charge is -2.23. The molecule has 1 aromatic rings. The van der Waals surface area contributed by atoms with Crippen molar-refractivity contribution in [2.45, 2.75) is 52.5 Å². The minimum absolute atomic E-state index is 0.469. The predicted octanol–water partition coefficient (Wildman–Crippen LogP) is 3.34. The van der Waals surface area contributed by atoms with Crippen LogP contribution in [0.25, 0.3) is 0 Å². The van der Waals surface area contributed by atoms with E-state index in [1.165, 1.54) is 24.8 Å². The molecule has 0 aliphatic carbocycles. The monoisotopic (exact) mass is 271 g/mol. The summed E-state index contributed by atoms with van der Waals surface area (Å²) >= 11 is 6.30. The molecule has 0 aliphatic rings. The van der Waals surface area contributed by atoms with Crippen molar-refractivity contribution in [1.82, 2.24) is 15.1 Å². The molecule has 4 heteroatoms. The minimum Gasteiger partial charge on any atom is -0.316 e. The van der Waals surface area contributed by atoms with Crippen molar-refractivity contribution in [2.24, 2.45) is 13.0 Å². The summed E-state index contributed by atoms with van der Waals surface area (Å²) in [5.74, 6) is 0.658. The van der Waals surface area contributed by atoms with Crippen molar-refractivity contribution in [1.29, 1.82) is 0 Å². The Bertz CT molecular complexity index is 373. The maximum absolute atomic E-state index is 6.30. The third kappa shape index (κ3) is 3.72. The topological polar surface area (TPSA) is 29.9 Å². The number of hydrogen-bond donors (Lipinski definition) is 1. The number of aromatic nitrogens is 2. The van der Waals surface area contributed by atoms with Gasteiger partial charge >= 0.3 is 0 Å². The second-order valence-corrected chi connectivity index (χ2v) is 5.56. The number of unbranched alkanes of at least 4 members (excludes halogenated alkanes) is 1. The van der Waals surface area contributed by atoms with Crippen LogP contribution >= 0.6 is 11.6 Å². The minimum atomic E-state index is 0.469. The van der Waals surface area contributed by atoms with E-state index < -0.39 is 0 Å². The van der Waals surface area contributed by atoms with Crippen LogP contribution in [0, 0.1) is 12.8 Å². The molecule has 0 radical (unpaired) electrons. The van der Waals surface area contributed by atoms with Crippen LogP contribution in [0.15, 0.2) is 0 Å². The molecule has 0 amide bonds. The van der Waals surface area contributed by atoms with Crippen LogP contribution in [0.5, 0.6) is 0 Å². The van der Waals surface area contributed by atoms with Gasteiger partial charge in [-0.25, -0.2) is 0 Å². The van der Waals surface area contributed by atoms with E-state index in [0.29, 0.717) is 12.0 Å². The summed E-state index contributed by atoms with van der Waals surface area (Å²) in [5, 5.41) is 8.58. The van der Waals surface area contributed by atoms with E-state index in [-0.39, 0.29) is 0 Å². The smallest absolute Gasteiger partial charge is 0.130 e. The van der Waals surface area contributed by atoms with Gasteiger partial charge in [0.1, 0.15) is 5.15 Å². The summed E-state index contributed by atoms with van der Waals surface area (Å²) in [7, 11) is 3.93. The van der Waals surface area contributed by atoms with Crippen LogP contribution in [0.3, 0.4) is 0 Å². The normalized spacial score (nSPS) is 14.8. The summed E-state index contributed by atoms with van der Waals surface area (Å²) in [5.41, 5.74) is 2.23. The van der Waals surface area contributed by atoms with Crippen LogP contribution in [-0.4, -0.2) is 22.9 Å². The fourth-order valence-electron chi connectivity index (χ4n) is 2.44. The SMILES string of the molecule is CCCCC(C)C(Cc1c(C)nn(C)c1Cl)NC. The lowest BCUT2D eigenvalue weighted by atomic mass is 9.91. The Hall–Kier alpha value is -0.540. The Balaban J connectivity index is 2.73. The number of rotatable bonds is 7. The van der Waals surface area contributed by atoms with Crippen LogP contribution < -0.4 is 5.32 Å². The molecule has 0 aliphatic heterocycles. The van der Waals surface area contributed by atoms with Gasteiger partial charge < -0.3 is 5.32 Å². The van der Waals surface area contributed by atoms with Crippen molar-refractivity contribution >= 4 is 11.6 Å². The molecule has 0 saturated carbocycles. The van der Waals surface area contributed by atoms with E-state index in [1.54, 1.807) is 4.68 Å². The zero-order chi connectivity index (χ0) is 13.7. The van der Waals surface area contributed by atoms with Gasteiger partial charge in [0.05, 0.1) is 5.69 Å². The van der Waals surface area contributed by atoms with E-state index in [0.717, 1.165) is 17.3 Å². The Labute approximate surface area is 116 Å². The maximum Gasteiger partial charge on any atom is 0.130 e. The quantitative estimate of drug-likeness (QED) is 0.824. The zero-order valence-electron chi connectivity index (χ0n) is 12.3. The number of hydrogen-bond acceptors (Lipinski definition) is 2. The third-order valence-electron chi connectivity index (χ3n) is 3.76. The summed E-state index contributed by atoms with van der Waals surface area (Å²) < 4.78 is 1.76. The molecule has 2 unspecified atom stereocenters. The van der Waals surface area contributed by atoms with E-state index in [1.807, 2.05) is 21.0 Å². The largest absolute Gasteiger partial charge is 0.316 e. The molecule has 3 nitrogen and oxygen atoms in total. The Kier molecular flexibility index (Phi) is 6.16. The van der Waals surface area contributed by atoms with Crippen LogP contribution in [-0.2, 0) is 13.5 Å². The van der Waals surface area contributed by atoms with Gasteiger partial charge in [0.15, 0.2) is 0 Å². The van der Waals surface area contributed by atoms with Crippen molar-refractivity contribution in [3.8, 4) is 0 Å². The molecule has 1 rings (SSSR count). The van der Waals surface area contributed by atoms with Crippen molar-refractivity contribution in [3.63, 3.8) is 0 Å². The van der Waals surface area contributed by atoms with E-state index in [9.17, 15) is 0 Å². The molecule has 18 heavy (non-hydrogen) atoms. The molecule has 0 aromatic carbocycles. The fraction of sp³-hybridized carbons (Fsp3) is 0.786. The molecule has 1 heterocycles. The van der Waals surface area contributed by atoms with Crippen molar-refractivity contribution in [3.05, 3.63) is 16.4 Å². The highest BCUT2D eigenvalue weighted by Crippen LogP contribution is 2.23. The van der Waals surface area contributed by atoms with Crippen LogP contribution in [0.1, 0.15) is 44.4 Å². The standard InChI is InChI=1S/C14H26ClN3/c1-6-7-8-10(2)13(16-4)9-12-11(3)17-18(5)14(12)15/h10,13,16H,6-9H2,1-5H3. The molecule has 0 saturated heterocycles. The molecule has 1 N–H and O–H groups in total. The van der Waals surface area contributed by atoms with Gasteiger partial charge in [-0.15, -0.1) is 0 Å². The number of likely N-dealkylation sites (N-methyl/N-ethyl adjacent to an activating group) is 1. The number of halogens is 1. The highest BCUT2D eigenvalue weighted by atomic mass is 35.5. The number of nitrogens with one attached hydrogen (secondary N) is 1. The highest BCUT2D eigenvalue weighted by molar-refractivity contribution is 6.30. The second kappa shape index (κ2) is 7.15.